The third-order valence-electron chi connectivity index (χ3n) is 2.52. The number of nitro groups is 1. The molecule has 0 saturated carbocycles. The number of nitro benzene ring substituents is 1. The Morgan fingerprint density at radius 3 is 2.62 bits per heavy atom. The van der Waals surface area contributed by atoms with E-state index in [2.05, 4.69) is 5.32 Å². The van der Waals surface area contributed by atoms with Crippen molar-refractivity contribution in [3.8, 4) is 5.75 Å². The third kappa shape index (κ3) is 4.92. The minimum Gasteiger partial charge on any atom is -0.508 e. The summed E-state index contributed by atoms with van der Waals surface area (Å²) in [5.41, 5.74) is 4.84. The number of hydrogen-bond acceptors (Lipinski definition) is 6. The van der Waals surface area contributed by atoms with Crippen molar-refractivity contribution in [1.29, 1.82) is 0 Å². The maximum absolute atomic E-state index is 11.7. The molecule has 0 aromatic heterocycles. The van der Waals surface area contributed by atoms with Crippen molar-refractivity contribution < 1.29 is 19.6 Å². The summed E-state index contributed by atoms with van der Waals surface area (Å²) in [5, 5.41) is 23.0. The highest BCUT2D eigenvalue weighted by Gasteiger charge is 2.23. The second-order valence-electron chi connectivity index (χ2n) is 5.43. The van der Waals surface area contributed by atoms with E-state index in [0.717, 1.165) is 0 Å². The molecule has 0 aliphatic rings. The van der Waals surface area contributed by atoms with E-state index >= 15 is 0 Å². The van der Waals surface area contributed by atoms with Crippen LogP contribution in [-0.2, 0) is 4.74 Å². The Balaban J connectivity index is 2.97. The zero-order valence-corrected chi connectivity index (χ0v) is 12.1. The number of aromatic hydroxyl groups is 1. The monoisotopic (exact) mass is 297 g/mol. The van der Waals surface area contributed by atoms with Crippen molar-refractivity contribution in [2.75, 3.05) is 6.54 Å². The second-order valence-corrected chi connectivity index (χ2v) is 5.43. The van der Waals surface area contributed by atoms with Crippen LogP contribution in [0.5, 0.6) is 5.75 Å². The maximum atomic E-state index is 11.7. The smallest absolute Gasteiger partial charge is 0.408 e. The van der Waals surface area contributed by atoms with E-state index in [4.69, 9.17) is 10.5 Å². The van der Waals surface area contributed by atoms with E-state index in [1.165, 1.54) is 18.2 Å². The van der Waals surface area contributed by atoms with Gasteiger partial charge in [0.1, 0.15) is 11.4 Å². The predicted molar refractivity (Wildman–Crippen MR) is 75.9 cm³/mol. The maximum Gasteiger partial charge on any atom is 0.408 e. The lowest BCUT2D eigenvalue weighted by Crippen LogP contribution is -2.37. The standard InChI is InChI=1S/C13H19N3O5/c1-13(2,3)21-12(18)15-10(7-14)9-6-8(16(19)20)4-5-11(9)17/h4-6,10,17H,7,14H2,1-3H3,(H,15,18). The van der Waals surface area contributed by atoms with Gasteiger partial charge in [0.15, 0.2) is 0 Å². The van der Waals surface area contributed by atoms with E-state index < -0.39 is 22.7 Å². The molecular weight excluding hydrogens is 278 g/mol. The van der Waals surface area contributed by atoms with E-state index in [1.807, 2.05) is 0 Å². The molecule has 8 nitrogen and oxygen atoms in total. The topological polar surface area (TPSA) is 128 Å². The highest BCUT2D eigenvalue weighted by molar-refractivity contribution is 5.68. The molecule has 1 atom stereocenters. The predicted octanol–water partition coefficient (Wildman–Crippen LogP) is 1.82. The zero-order chi connectivity index (χ0) is 16.2. The Morgan fingerprint density at radius 2 is 2.14 bits per heavy atom. The first kappa shape index (κ1) is 16.7. The number of ether oxygens (including phenoxy) is 1. The molecule has 1 aromatic rings. The number of nitrogens with one attached hydrogen (secondary N) is 1. The largest absolute Gasteiger partial charge is 0.508 e. The normalized spacial score (nSPS) is 12.6. The highest BCUT2D eigenvalue weighted by Crippen LogP contribution is 2.28. The van der Waals surface area contributed by atoms with Gasteiger partial charge < -0.3 is 20.9 Å². The van der Waals surface area contributed by atoms with Gasteiger partial charge in [-0.15, -0.1) is 0 Å². The summed E-state index contributed by atoms with van der Waals surface area (Å²) in [4.78, 5) is 21.9. The molecule has 0 radical (unpaired) electrons. The average molecular weight is 297 g/mol. The summed E-state index contributed by atoms with van der Waals surface area (Å²) in [7, 11) is 0. The zero-order valence-electron chi connectivity index (χ0n) is 12.1. The first-order chi connectivity index (χ1) is 9.64. The van der Waals surface area contributed by atoms with Gasteiger partial charge in [-0.25, -0.2) is 4.79 Å². The van der Waals surface area contributed by atoms with Crippen LogP contribution >= 0.6 is 0 Å². The molecule has 0 saturated heterocycles. The fourth-order valence-electron chi connectivity index (χ4n) is 1.65. The lowest BCUT2D eigenvalue weighted by molar-refractivity contribution is -0.385. The summed E-state index contributed by atoms with van der Waals surface area (Å²) in [6.45, 7) is 5.06. The number of nitrogens with two attached hydrogens (primary N) is 1. The van der Waals surface area contributed by atoms with Crippen LogP contribution in [0.3, 0.4) is 0 Å². The molecule has 4 N–H and O–H groups in total. The molecule has 1 rings (SSSR count). The lowest BCUT2D eigenvalue weighted by atomic mass is 10.1. The number of rotatable bonds is 4. The van der Waals surface area contributed by atoms with Gasteiger partial charge >= 0.3 is 6.09 Å². The number of phenols is 1. The fraction of sp³-hybridized carbons (Fsp3) is 0.462. The van der Waals surface area contributed by atoms with Crippen LogP contribution in [0, 0.1) is 10.1 Å². The van der Waals surface area contributed by atoms with Crippen LogP contribution in [0.2, 0.25) is 0 Å². The minimum atomic E-state index is -0.792. The Morgan fingerprint density at radius 1 is 1.52 bits per heavy atom. The van der Waals surface area contributed by atoms with E-state index in [9.17, 15) is 20.0 Å². The minimum absolute atomic E-state index is 0.0476. The van der Waals surface area contributed by atoms with Crippen molar-refractivity contribution in [1.82, 2.24) is 5.32 Å². The number of carbonyl (C=O) groups is 1. The average Bonchev–Trinajstić information content (AvgIpc) is 2.34. The number of nitrogens with zero attached hydrogens (tertiary/aromatic N) is 1. The van der Waals surface area contributed by atoms with Crippen LogP contribution in [0.25, 0.3) is 0 Å². The van der Waals surface area contributed by atoms with Crippen molar-refractivity contribution in [2.24, 2.45) is 5.73 Å². The molecule has 0 bridgehead atoms. The van der Waals surface area contributed by atoms with Crippen LogP contribution in [0.15, 0.2) is 18.2 Å². The van der Waals surface area contributed by atoms with Gasteiger partial charge in [-0.3, -0.25) is 10.1 Å². The molecule has 0 aliphatic heterocycles. The number of alkyl carbamates (subject to hydrolysis) is 1. The first-order valence-corrected chi connectivity index (χ1v) is 6.31. The van der Waals surface area contributed by atoms with Gasteiger partial charge in [-0.05, 0) is 26.8 Å². The van der Waals surface area contributed by atoms with E-state index in [-0.39, 0.29) is 23.5 Å². The van der Waals surface area contributed by atoms with Gasteiger partial charge in [0, 0.05) is 24.2 Å². The van der Waals surface area contributed by atoms with Gasteiger partial charge in [-0.2, -0.15) is 0 Å². The lowest BCUT2D eigenvalue weighted by Gasteiger charge is -2.23. The summed E-state index contributed by atoms with van der Waals surface area (Å²) < 4.78 is 5.09. The molecule has 1 unspecified atom stereocenters. The number of hydrogen-bond donors (Lipinski definition) is 3. The van der Waals surface area contributed by atoms with Crippen molar-refractivity contribution in [2.45, 2.75) is 32.4 Å². The quantitative estimate of drug-likeness (QED) is 0.574. The highest BCUT2D eigenvalue weighted by atomic mass is 16.6. The second kappa shape index (κ2) is 6.40. The molecular formula is C13H19N3O5. The first-order valence-electron chi connectivity index (χ1n) is 6.31. The van der Waals surface area contributed by atoms with E-state index in [0.29, 0.717) is 0 Å². The number of carbonyl (C=O) groups excluding carboxylic acids is 1. The SMILES string of the molecule is CC(C)(C)OC(=O)NC(CN)c1cc([N+](=O)[O-])ccc1O. The Kier molecular flexibility index (Phi) is 5.09. The molecule has 116 valence electrons. The van der Waals surface area contributed by atoms with Crippen LogP contribution < -0.4 is 11.1 Å². The number of benzene rings is 1. The van der Waals surface area contributed by atoms with Gasteiger partial charge in [-0.1, -0.05) is 0 Å². The summed E-state index contributed by atoms with van der Waals surface area (Å²) >= 11 is 0. The number of amides is 1. The van der Waals surface area contributed by atoms with Crippen LogP contribution in [0.1, 0.15) is 32.4 Å². The van der Waals surface area contributed by atoms with Gasteiger partial charge in [0.05, 0.1) is 11.0 Å². The molecule has 1 aromatic carbocycles. The molecule has 21 heavy (non-hydrogen) atoms. The summed E-state index contributed by atoms with van der Waals surface area (Å²) in [6.07, 6.45) is -0.719. The van der Waals surface area contributed by atoms with Crippen molar-refractivity contribution >= 4 is 11.8 Å². The molecule has 0 heterocycles. The third-order valence-corrected chi connectivity index (χ3v) is 2.52. The van der Waals surface area contributed by atoms with Gasteiger partial charge in [0.2, 0.25) is 0 Å². The summed E-state index contributed by atoms with van der Waals surface area (Å²) in [6, 6.07) is 2.73. The Hall–Kier alpha value is -2.35. The molecule has 0 fully saturated rings. The Bertz CT molecular complexity index is 539. The fourth-order valence-corrected chi connectivity index (χ4v) is 1.65. The van der Waals surface area contributed by atoms with Crippen molar-refractivity contribution in [3.05, 3.63) is 33.9 Å². The number of phenolic OH excluding ortho intramolecular Hbond substituents is 1. The van der Waals surface area contributed by atoms with Crippen molar-refractivity contribution in [3.63, 3.8) is 0 Å². The van der Waals surface area contributed by atoms with Gasteiger partial charge in [0.25, 0.3) is 5.69 Å². The molecule has 0 spiro atoms. The molecule has 1 amide bonds. The van der Waals surface area contributed by atoms with Crippen LogP contribution in [-0.4, -0.2) is 28.3 Å². The Labute approximate surface area is 122 Å². The number of non-ortho nitro benzene ring substituents is 1. The van der Waals surface area contributed by atoms with Crippen LogP contribution in [0.4, 0.5) is 10.5 Å². The molecule has 8 heteroatoms. The molecule has 0 aliphatic carbocycles. The summed E-state index contributed by atoms with van der Waals surface area (Å²) in [5.74, 6) is -0.188. The van der Waals surface area contributed by atoms with E-state index in [1.54, 1.807) is 20.8 Å².